The molecule has 1 saturated heterocycles. The van der Waals surface area contributed by atoms with Crippen molar-refractivity contribution in [2.45, 2.75) is 36.6 Å². The predicted molar refractivity (Wildman–Crippen MR) is 96.3 cm³/mol. The molecule has 2 aromatic rings. The Morgan fingerprint density at radius 2 is 2.21 bits per heavy atom. The van der Waals surface area contributed by atoms with E-state index in [2.05, 4.69) is 4.98 Å². The standard InChI is InChI=1S/C17H20N2O3S2/c1-12-6-4-5-9-19(12)15(20)10-22-16(21)11-23-17-18-13-7-2-3-8-14(13)24-17/h2-3,7-8,12H,4-6,9-11H2,1H3/t12-/m1/s1. The normalized spacial score (nSPS) is 17.9. The summed E-state index contributed by atoms with van der Waals surface area (Å²) in [6.07, 6.45) is 3.20. The van der Waals surface area contributed by atoms with E-state index in [-0.39, 0.29) is 30.3 Å². The van der Waals surface area contributed by atoms with E-state index in [0.29, 0.717) is 0 Å². The smallest absolute Gasteiger partial charge is 0.316 e. The van der Waals surface area contributed by atoms with Crippen LogP contribution in [0.3, 0.4) is 0 Å². The van der Waals surface area contributed by atoms with Crippen LogP contribution in [0.1, 0.15) is 26.2 Å². The second-order valence-electron chi connectivity index (χ2n) is 5.83. The zero-order valence-corrected chi connectivity index (χ0v) is 15.2. The lowest BCUT2D eigenvalue weighted by Gasteiger charge is -2.33. The molecule has 1 aliphatic rings. The number of hydrogen-bond acceptors (Lipinski definition) is 6. The Bertz CT molecular complexity index is 698. The highest BCUT2D eigenvalue weighted by molar-refractivity contribution is 8.01. The molecule has 1 aromatic heterocycles. The van der Waals surface area contributed by atoms with Gasteiger partial charge in [-0.1, -0.05) is 23.9 Å². The fourth-order valence-electron chi connectivity index (χ4n) is 2.77. The Hall–Kier alpha value is -1.60. The van der Waals surface area contributed by atoms with Crippen LogP contribution in [0.5, 0.6) is 0 Å². The van der Waals surface area contributed by atoms with Gasteiger partial charge < -0.3 is 9.64 Å². The molecule has 1 amide bonds. The maximum Gasteiger partial charge on any atom is 0.316 e. The maximum absolute atomic E-state index is 12.1. The maximum atomic E-state index is 12.1. The third kappa shape index (κ3) is 4.27. The molecular weight excluding hydrogens is 344 g/mol. The average Bonchev–Trinajstić information content (AvgIpc) is 3.01. The van der Waals surface area contributed by atoms with Crippen LogP contribution in [0.25, 0.3) is 10.2 Å². The van der Waals surface area contributed by atoms with Crippen LogP contribution >= 0.6 is 23.1 Å². The summed E-state index contributed by atoms with van der Waals surface area (Å²) in [5.74, 6) is -0.305. The van der Waals surface area contributed by atoms with Crippen LogP contribution in [0, 0.1) is 0 Å². The molecular formula is C17H20N2O3S2. The number of carbonyl (C=O) groups excluding carboxylic acids is 2. The molecule has 1 atom stereocenters. The summed E-state index contributed by atoms with van der Waals surface area (Å²) in [6, 6.07) is 8.11. The van der Waals surface area contributed by atoms with E-state index >= 15 is 0 Å². The van der Waals surface area contributed by atoms with Gasteiger partial charge in [-0.2, -0.15) is 0 Å². The van der Waals surface area contributed by atoms with E-state index in [0.717, 1.165) is 40.4 Å². The molecule has 5 nitrogen and oxygen atoms in total. The third-order valence-electron chi connectivity index (χ3n) is 4.07. The van der Waals surface area contributed by atoms with Crippen molar-refractivity contribution >= 4 is 45.2 Å². The third-order valence-corrected chi connectivity index (χ3v) is 6.22. The SMILES string of the molecule is C[C@@H]1CCCCN1C(=O)COC(=O)CSc1nc2ccccc2s1. The predicted octanol–water partition coefficient (Wildman–Crippen LogP) is 3.33. The first kappa shape index (κ1) is 17.2. The molecule has 24 heavy (non-hydrogen) atoms. The van der Waals surface area contributed by atoms with E-state index in [1.165, 1.54) is 11.8 Å². The van der Waals surface area contributed by atoms with Gasteiger partial charge in [-0.25, -0.2) is 4.98 Å². The first-order valence-corrected chi connectivity index (χ1v) is 9.87. The minimum absolute atomic E-state index is 0.0967. The summed E-state index contributed by atoms with van der Waals surface area (Å²) in [5.41, 5.74) is 0.938. The lowest BCUT2D eigenvalue weighted by atomic mass is 10.0. The van der Waals surface area contributed by atoms with Gasteiger partial charge in [0.15, 0.2) is 10.9 Å². The van der Waals surface area contributed by atoms with E-state index in [1.807, 2.05) is 36.1 Å². The number of para-hydroxylation sites is 1. The number of rotatable bonds is 5. The largest absolute Gasteiger partial charge is 0.455 e. The van der Waals surface area contributed by atoms with Gasteiger partial charge in [0, 0.05) is 12.6 Å². The van der Waals surface area contributed by atoms with Gasteiger partial charge in [0.25, 0.3) is 5.91 Å². The fraction of sp³-hybridized carbons (Fsp3) is 0.471. The Labute approximate surface area is 149 Å². The number of esters is 1. The highest BCUT2D eigenvalue weighted by Gasteiger charge is 2.23. The zero-order chi connectivity index (χ0) is 16.9. The van der Waals surface area contributed by atoms with Crippen molar-refractivity contribution in [2.75, 3.05) is 18.9 Å². The van der Waals surface area contributed by atoms with Gasteiger partial charge in [-0.3, -0.25) is 9.59 Å². The lowest BCUT2D eigenvalue weighted by molar-refractivity contribution is -0.151. The molecule has 0 saturated carbocycles. The Balaban J connectivity index is 1.44. The number of fused-ring (bicyclic) bond motifs is 1. The molecule has 1 aromatic carbocycles. The second kappa shape index (κ2) is 7.98. The molecule has 7 heteroatoms. The monoisotopic (exact) mass is 364 g/mol. The number of carbonyl (C=O) groups is 2. The first-order valence-electron chi connectivity index (χ1n) is 8.07. The molecule has 2 heterocycles. The number of thioether (sulfide) groups is 1. The van der Waals surface area contributed by atoms with Crippen molar-refractivity contribution in [3.8, 4) is 0 Å². The van der Waals surface area contributed by atoms with E-state index in [4.69, 9.17) is 4.74 Å². The van der Waals surface area contributed by atoms with Crippen molar-refractivity contribution < 1.29 is 14.3 Å². The number of thiazole rings is 1. The van der Waals surface area contributed by atoms with Crippen molar-refractivity contribution in [1.29, 1.82) is 0 Å². The Morgan fingerprint density at radius 1 is 1.38 bits per heavy atom. The Kier molecular flexibility index (Phi) is 5.73. The van der Waals surface area contributed by atoms with Gasteiger partial charge >= 0.3 is 5.97 Å². The molecule has 0 bridgehead atoms. The topological polar surface area (TPSA) is 59.5 Å². The number of likely N-dealkylation sites (tertiary alicyclic amines) is 1. The summed E-state index contributed by atoms with van der Waals surface area (Å²) < 4.78 is 7.06. The highest BCUT2D eigenvalue weighted by atomic mass is 32.2. The van der Waals surface area contributed by atoms with Crippen molar-refractivity contribution in [2.24, 2.45) is 0 Å². The van der Waals surface area contributed by atoms with E-state index in [1.54, 1.807) is 11.3 Å². The molecule has 3 rings (SSSR count). The van der Waals surface area contributed by atoms with Crippen LogP contribution in [-0.4, -0.2) is 46.7 Å². The van der Waals surface area contributed by atoms with Gasteiger partial charge in [-0.05, 0) is 38.3 Å². The summed E-state index contributed by atoms with van der Waals surface area (Å²) >= 11 is 2.91. The first-order chi connectivity index (χ1) is 11.6. The van der Waals surface area contributed by atoms with E-state index in [9.17, 15) is 9.59 Å². The number of nitrogens with zero attached hydrogens (tertiary/aromatic N) is 2. The molecule has 1 fully saturated rings. The number of aromatic nitrogens is 1. The van der Waals surface area contributed by atoms with Crippen molar-refractivity contribution in [3.63, 3.8) is 0 Å². The highest BCUT2D eigenvalue weighted by Crippen LogP contribution is 2.29. The average molecular weight is 364 g/mol. The molecule has 1 aliphatic heterocycles. The summed E-state index contributed by atoms with van der Waals surface area (Å²) in [6.45, 7) is 2.64. The van der Waals surface area contributed by atoms with Gasteiger partial charge in [0.1, 0.15) is 0 Å². The van der Waals surface area contributed by atoms with Gasteiger partial charge in [0.05, 0.1) is 16.0 Å². The number of ether oxygens (including phenoxy) is 1. The molecule has 0 unspecified atom stereocenters. The van der Waals surface area contributed by atoms with Crippen LogP contribution in [-0.2, 0) is 14.3 Å². The van der Waals surface area contributed by atoms with E-state index < -0.39 is 0 Å². The number of amides is 1. The summed E-state index contributed by atoms with van der Waals surface area (Å²) in [4.78, 5) is 30.3. The van der Waals surface area contributed by atoms with Crippen molar-refractivity contribution in [3.05, 3.63) is 24.3 Å². The van der Waals surface area contributed by atoms with Crippen LogP contribution in [0.2, 0.25) is 0 Å². The molecule has 128 valence electrons. The van der Waals surface area contributed by atoms with Crippen LogP contribution in [0.4, 0.5) is 0 Å². The molecule has 0 radical (unpaired) electrons. The van der Waals surface area contributed by atoms with Gasteiger partial charge in [0.2, 0.25) is 0 Å². The lowest BCUT2D eigenvalue weighted by Crippen LogP contribution is -2.44. The second-order valence-corrected chi connectivity index (χ2v) is 8.08. The quantitative estimate of drug-likeness (QED) is 0.602. The Morgan fingerprint density at radius 3 is 3.00 bits per heavy atom. The van der Waals surface area contributed by atoms with Gasteiger partial charge in [-0.15, -0.1) is 11.3 Å². The zero-order valence-electron chi connectivity index (χ0n) is 13.6. The number of hydrogen-bond donors (Lipinski definition) is 0. The van der Waals surface area contributed by atoms with Crippen LogP contribution in [0.15, 0.2) is 28.6 Å². The minimum Gasteiger partial charge on any atom is -0.455 e. The summed E-state index contributed by atoms with van der Waals surface area (Å²) in [7, 11) is 0. The fourth-order valence-corrected chi connectivity index (χ4v) is 4.64. The minimum atomic E-state index is -0.378. The number of benzene rings is 1. The van der Waals surface area contributed by atoms with Crippen LogP contribution < -0.4 is 0 Å². The molecule has 0 aliphatic carbocycles. The molecule has 0 N–H and O–H groups in total. The number of piperidine rings is 1. The summed E-state index contributed by atoms with van der Waals surface area (Å²) in [5, 5.41) is 0. The van der Waals surface area contributed by atoms with Crippen molar-refractivity contribution in [1.82, 2.24) is 9.88 Å². The molecule has 0 spiro atoms.